The number of nitrogens with zero attached hydrogens (tertiary/aromatic N) is 2. The molecule has 1 amide bonds. The first-order chi connectivity index (χ1) is 10.7. The maximum atomic E-state index is 12.9. The first-order valence-corrected chi connectivity index (χ1v) is 7.79. The van der Waals surface area contributed by atoms with Gasteiger partial charge in [0.1, 0.15) is 5.60 Å². The van der Waals surface area contributed by atoms with E-state index < -0.39 is 11.5 Å². The number of rotatable bonds is 2. The van der Waals surface area contributed by atoms with Gasteiger partial charge in [-0.2, -0.15) is 4.39 Å². The number of piperidine rings is 1. The lowest BCUT2D eigenvalue weighted by Crippen LogP contribution is -2.46. The summed E-state index contributed by atoms with van der Waals surface area (Å²) < 4.78 is 18.3. The predicted octanol–water partition coefficient (Wildman–Crippen LogP) is 2.66. The van der Waals surface area contributed by atoms with Crippen molar-refractivity contribution in [3.63, 3.8) is 0 Å². The summed E-state index contributed by atoms with van der Waals surface area (Å²) in [6.45, 7) is 8.35. The van der Waals surface area contributed by atoms with Crippen LogP contribution >= 0.6 is 0 Å². The van der Waals surface area contributed by atoms with E-state index in [2.05, 4.69) is 4.98 Å². The van der Waals surface area contributed by atoms with E-state index in [9.17, 15) is 14.0 Å². The predicted molar refractivity (Wildman–Crippen MR) is 83.2 cm³/mol. The number of halogens is 1. The highest BCUT2D eigenvalue weighted by atomic mass is 19.1. The van der Waals surface area contributed by atoms with E-state index in [1.807, 2.05) is 27.7 Å². The second-order valence-corrected chi connectivity index (χ2v) is 7.15. The number of carbonyl (C=O) groups excluding carboxylic acids is 2. The van der Waals surface area contributed by atoms with Crippen LogP contribution < -0.4 is 0 Å². The molecule has 126 valence electrons. The molecule has 1 aromatic heterocycles. The van der Waals surface area contributed by atoms with Crippen molar-refractivity contribution in [2.45, 2.75) is 39.7 Å². The third-order valence-electron chi connectivity index (χ3n) is 3.66. The van der Waals surface area contributed by atoms with E-state index in [0.717, 1.165) is 6.07 Å². The Hall–Kier alpha value is -1.98. The number of pyridine rings is 1. The second-order valence-electron chi connectivity index (χ2n) is 7.15. The molecule has 1 fully saturated rings. The number of esters is 1. The summed E-state index contributed by atoms with van der Waals surface area (Å²) in [5, 5.41) is 0. The highest BCUT2D eigenvalue weighted by Gasteiger charge is 2.34. The average molecular weight is 322 g/mol. The van der Waals surface area contributed by atoms with Crippen LogP contribution in [0.1, 0.15) is 44.5 Å². The zero-order chi connectivity index (χ0) is 17.2. The van der Waals surface area contributed by atoms with Gasteiger partial charge in [-0.1, -0.05) is 6.92 Å². The van der Waals surface area contributed by atoms with Crippen molar-refractivity contribution in [2.75, 3.05) is 13.1 Å². The molecule has 2 atom stereocenters. The third kappa shape index (κ3) is 4.74. The van der Waals surface area contributed by atoms with E-state index in [4.69, 9.17) is 4.74 Å². The summed E-state index contributed by atoms with van der Waals surface area (Å²) in [5.41, 5.74) is -0.226. The number of ether oxygens (including phenoxy) is 1. The van der Waals surface area contributed by atoms with Crippen LogP contribution in [0.5, 0.6) is 0 Å². The Morgan fingerprint density at radius 2 is 2.00 bits per heavy atom. The minimum atomic E-state index is -0.625. The van der Waals surface area contributed by atoms with E-state index >= 15 is 0 Å². The van der Waals surface area contributed by atoms with Crippen molar-refractivity contribution in [1.82, 2.24) is 9.88 Å². The number of likely N-dealkylation sites (tertiary alicyclic amines) is 1. The van der Waals surface area contributed by atoms with Crippen molar-refractivity contribution >= 4 is 11.9 Å². The highest BCUT2D eigenvalue weighted by Crippen LogP contribution is 2.25. The van der Waals surface area contributed by atoms with E-state index in [1.54, 1.807) is 4.90 Å². The van der Waals surface area contributed by atoms with Crippen LogP contribution in [0.2, 0.25) is 0 Å². The average Bonchev–Trinajstić information content (AvgIpc) is 2.45. The van der Waals surface area contributed by atoms with Gasteiger partial charge in [0.05, 0.1) is 11.5 Å². The quantitative estimate of drug-likeness (QED) is 0.620. The van der Waals surface area contributed by atoms with Crippen molar-refractivity contribution in [3.8, 4) is 0 Å². The number of aromatic nitrogens is 1. The largest absolute Gasteiger partial charge is 0.460 e. The molecule has 6 heteroatoms. The maximum absolute atomic E-state index is 12.9. The van der Waals surface area contributed by atoms with Gasteiger partial charge in [0.15, 0.2) is 0 Å². The van der Waals surface area contributed by atoms with Gasteiger partial charge in [-0.15, -0.1) is 0 Å². The Labute approximate surface area is 135 Å². The van der Waals surface area contributed by atoms with E-state index in [1.165, 1.54) is 12.3 Å². The third-order valence-corrected chi connectivity index (χ3v) is 3.66. The van der Waals surface area contributed by atoms with E-state index in [-0.39, 0.29) is 23.7 Å². The Balaban J connectivity index is 2.09. The number of hydrogen-bond acceptors (Lipinski definition) is 4. The lowest BCUT2D eigenvalue weighted by molar-refractivity contribution is -0.162. The molecule has 0 spiro atoms. The van der Waals surface area contributed by atoms with Crippen LogP contribution in [0.3, 0.4) is 0 Å². The molecule has 23 heavy (non-hydrogen) atoms. The van der Waals surface area contributed by atoms with Gasteiger partial charge in [0.2, 0.25) is 5.95 Å². The first kappa shape index (κ1) is 17.4. The summed E-state index contributed by atoms with van der Waals surface area (Å²) >= 11 is 0. The van der Waals surface area contributed by atoms with Crippen LogP contribution in [0.4, 0.5) is 4.39 Å². The SMILES string of the molecule is C[C@@H]1C[C@H](C(=O)OC(C)(C)C)CN(C(=O)c2ccc(F)nc2)C1. The minimum absolute atomic E-state index is 0.193. The molecule has 1 aromatic rings. The van der Waals surface area contributed by atoms with Crippen molar-refractivity contribution in [2.24, 2.45) is 11.8 Å². The summed E-state index contributed by atoms with van der Waals surface area (Å²) in [6.07, 6.45) is 1.92. The molecule has 0 aromatic carbocycles. The normalized spacial score (nSPS) is 21.9. The van der Waals surface area contributed by atoms with Crippen LogP contribution in [0, 0.1) is 17.8 Å². The maximum Gasteiger partial charge on any atom is 0.311 e. The zero-order valence-corrected chi connectivity index (χ0v) is 14.0. The number of hydrogen-bond donors (Lipinski definition) is 0. The molecule has 0 radical (unpaired) electrons. The van der Waals surface area contributed by atoms with Gasteiger partial charge in [-0.3, -0.25) is 9.59 Å². The molecule has 2 heterocycles. The lowest BCUT2D eigenvalue weighted by Gasteiger charge is -2.36. The Morgan fingerprint density at radius 1 is 1.30 bits per heavy atom. The summed E-state index contributed by atoms with van der Waals surface area (Å²) in [5.74, 6) is -1.29. The van der Waals surface area contributed by atoms with Gasteiger partial charge >= 0.3 is 5.97 Å². The van der Waals surface area contributed by atoms with Crippen molar-refractivity contribution < 1.29 is 18.7 Å². The summed E-state index contributed by atoms with van der Waals surface area (Å²) in [7, 11) is 0. The Kier molecular flexibility index (Phi) is 5.02. The molecular formula is C17H23FN2O3. The van der Waals surface area contributed by atoms with Gasteiger partial charge in [0.25, 0.3) is 5.91 Å². The van der Waals surface area contributed by atoms with Crippen LogP contribution in [-0.4, -0.2) is 40.5 Å². The number of carbonyl (C=O) groups is 2. The van der Waals surface area contributed by atoms with Gasteiger partial charge in [-0.05, 0) is 45.2 Å². The monoisotopic (exact) mass is 322 g/mol. The molecule has 0 saturated carbocycles. The summed E-state index contributed by atoms with van der Waals surface area (Å²) in [4.78, 5) is 29.9. The molecule has 1 aliphatic rings. The van der Waals surface area contributed by atoms with Gasteiger partial charge in [-0.25, -0.2) is 4.98 Å². The Morgan fingerprint density at radius 3 is 2.57 bits per heavy atom. The molecular weight excluding hydrogens is 299 g/mol. The van der Waals surface area contributed by atoms with E-state index in [0.29, 0.717) is 25.1 Å². The molecule has 0 bridgehead atoms. The first-order valence-electron chi connectivity index (χ1n) is 7.79. The minimum Gasteiger partial charge on any atom is -0.460 e. The fraction of sp³-hybridized carbons (Fsp3) is 0.588. The van der Waals surface area contributed by atoms with Crippen LogP contribution in [-0.2, 0) is 9.53 Å². The van der Waals surface area contributed by atoms with Gasteiger partial charge < -0.3 is 9.64 Å². The molecule has 0 N–H and O–H groups in total. The highest BCUT2D eigenvalue weighted by molar-refractivity contribution is 5.94. The fourth-order valence-corrected chi connectivity index (χ4v) is 2.76. The fourth-order valence-electron chi connectivity index (χ4n) is 2.76. The van der Waals surface area contributed by atoms with Gasteiger partial charge in [0, 0.05) is 19.3 Å². The Bertz CT molecular complexity index is 580. The zero-order valence-electron chi connectivity index (χ0n) is 14.0. The summed E-state index contributed by atoms with van der Waals surface area (Å²) in [6, 6.07) is 2.57. The molecule has 0 unspecified atom stereocenters. The smallest absolute Gasteiger partial charge is 0.311 e. The topological polar surface area (TPSA) is 59.5 Å². The molecule has 2 rings (SSSR count). The molecule has 1 aliphatic heterocycles. The molecule has 5 nitrogen and oxygen atoms in total. The van der Waals surface area contributed by atoms with Crippen molar-refractivity contribution in [3.05, 3.63) is 29.8 Å². The standard InChI is InChI=1S/C17H23FN2O3/c1-11-7-13(16(22)23-17(2,3)4)10-20(9-11)15(21)12-5-6-14(18)19-8-12/h5-6,8,11,13H,7,9-10H2,1-4H3/t11-,13+/m1/s1. The van der Waals surface area contributed by atoms with Crippen molar-refractivity contribution in [1.29, 1.82) is 0 Å². The molecule has 1 saturated heterocycles. The van der Waals surface area contributed by atoms with Crippen LogP contribution in [0.15, 0.2) is 18.3 Å². The number of amides is 1. The second kappa shape index (κ2) is 6.64. The van der Waals surface area contributed by atoms with Crippen LogP contribution in [0.25, 0.3) is 0 Å². The molecule has 0 aliphatic carbocycles. The lowest BCUT2D eigenvalue weighted by atomic mass is 9.90.